The zero-order valence-electron chi connectivity index (χ0n) is 29.2. The van der Waals surface area contributed by atoms with Gasteiger partial charge >= 0.3 is 0 Å². The van der Waals surface area contributed by atoms with Gasteiger partial charge in [-0.25, -0.2) is 0 Å². The standard InChI is InChI=1S/C7H8.C7H14.C6H14.C5H10O.C5H12.C3H6.2C2H6/c1-7-5-3-2-4-6-7;1-5-7(4)6(2)3;1-3-5-6-4-2;1-5-2-3-6-4-5;1-3-5-4-2;1-3-2;2*1-2/h2-6H,1H3;7H,2,5H2,1,3-4H3;3-6H2,1-2H3;5H,2-4H2,1H3;3-5H2,1-2H3;3H,1H2,2H3;2*1-2H3. The maximum Gasteiger partial charge on any atom is 0.0492 e. The molecule has 0 amide bonds. The zero-order valence-corrected chi connectivity index (χ0v) is 29.2. The minimum absolute atomic E-state index is 0.708. The lowest BCUT2D eigenvalue weighted by atomic mass is 10.0. The van der Waals surface area contributed by atoms with Crippen LogP contribution in [0.3, 0.4) is 0 Å². The molecule has 1 fully saturated rings. The Morgan fingerprint density at radius 2 is 1.29 bits per heavy atom. The van der Waals surface area contributed by atoms with Crippen molar-refractivity contribution in [2.75, 3.05) is 13.2 Å². The molecule has 1 heteroatoms. The van der Waals surface area contributed by atoms with Crippen LogP contribution >= 0.6 is 0 Å². The van der Waals surface area contributed by atoms with Crippen molar-refractivity contribution in [3.05, 3.63) is 60.7 Å². The summed E-state index contributed by atoms with van der Waals surface area (Å²) >= 11 is 0. The van der Waals surface area contributed by atoms with E-state index in [4.69, 9.17) is 4.74 Å². The van der Waals surface area contributed by atoms with Gasteiger partial charge in [0.05, 0.1) is 0 Å². The molecule has 0 aliphatic carbocycles. The molecule has 0 radical (unpaired) electrons. The van der Waals surface area contributed by atoms with Crippen LogP contribution in [0, 0.1) is 18.8 Å². The van der Waals surface area contributed by atoms with Gasteiger partial charge in [-0.15, -0.1) is 6.58 Å². The Bertz CT molecular complexity index is 465. The molecule has 1 saturated heterocycles. The highest BCUT2D eigenvalue weighted by Gasteiger charge is 2.07. The van der Waals surface area contributed by atoms with Gasteiger partial charge in [0.1, 0.15) is 0 Å². The van der Waals surface area contributed by atoms with E-state index in [-0.39, 0.29) is 0 Å². The third-order valence-corrected chi connectivity index (χ3v) is 5.22. The summed E-state index contributed by atoms with van der Waals surface area (Å²) in [6.07, 6.45) is 13.8. The van der Waals surface area contributed by atoms with Crippen molar-refractivity contribution in [1.82, 2.24) is 0 Å². The number of hydrogen-bond acceptors (Lipinski definition) is 1. The van der Waals surface area contributed by atoms with Crippen LogP contribution in [-0.4, -0.2) is 13.2 Å². The first kappa shape index (κ1) is 49.6. The van der Waals surface area contributed by atoms with Crippen LogP contribution in [0.1, 0.15) is 153 Å². The normalized spacial score (nSPS) is 12.7. The average Bonchev–Trinajstić information content (AvgIpc) is 3.43. The first-order valence-corrected chi connectivity index (χ1v) is 16.0. The summed E-state index contributed by atoms with van der Waals surface area (Å²) < 4.78 is 5.06. The molecule has 38 heavy (non-hydrogen) atoms. The molecule has 2 atom stereocenters. The van der Waals surface area contributed by atoms with E-state index in [1.807, 2.05) is 52.8 Å². The van der Waals surface area contributed by atoms with Gasteiger partial charge in [-0.1, -0.05) is 175 Å². The van der Waals surface area contributed by atoms with Gasteiger partial charge in [-0.2, -0.15) is 0 Å². The quantitative estimate of drug-likeness (QED) is 0.249. The molecule has 0 spiro atoms. The average molecular weight is 537 g/mol. The maximum absolute atomic E-state index is 5.06. The maximum atomic E-state index is 5.06. The number of ether oxygens (including phenoxy) is 1. The summed E-state index contributed by atoms with van der Waals surface area (Å²) in [5.74, 6) is 1.53. The van der Waals surface area contributed by atoms with Crippen molar-refractivity contribution in [2.45, 2.75) is 155 Å². The predicted octanol–water partition coefficient (Wildman–Crippen LogP) is 13.7. The first-order chi connectivity index (χ1) is 18.2. The summed E-state index contributed by atoms with van der Waals surface area (Å²) in [5, 5.41) is 0. The number of aryl methyl sites for hydroxylation is 1. The van der Waals surface area contributed by atoms with Gasteiger partial charge in [-0.3, -0.25) is 0 Å². The molecule has 1 aliphatic heterocycles. The van der Waals surface area contributed by atoms with Crippen molar-refractivity contribution < 1.29 is 4.74 Å². The molecule has 2 rings (SSSR count). The van der Waals surface area contributed by atoms with Crippen LogP contribution in [0.25, 0.3) is 0 Å². The van der Waals surface area contributed by atoms with E-state index in [2.05, 4.69) is 87.6 Å². The van der Waals surface area contributed by atoms with Crippen molar-refractivity contribution in [3.63, 3.8) is 0 Å². The van der Waals surface area contributed by atoms with Crippen molar-refractivity contribution in [2.24, 2.45) is 11.8 Å². The summed E-state index contributed by atoms with van der Waals surface area (Å²) in [6.45, 7) is 38.7. The Labute approximate surface area is 245 Å². The van der Waals surface area contributed by atoms with Crippen molar-refractivity contribution >= 4 is 0 Å². The molecule has 1 heterocycles. The summed E-state index contributed by atoms with van der Waals surface area (Å²) in [6, 6.07) is 10.3. The summed E-state index contributed by atoms with van der Waals surface area (Å²) in [4.78, 5) is 0. The fourth-order valence-electron chi connectivity index (χ4n) is 2.39. The Kier molecular flexibility index (Phi) is 68.1. The lowest BCUT2D eigenvalue weighted by molar-refractivity contribution is 0.188. The van der Waals surface area contributed by atoms with E-state index in [0.29, 0.717) is 5.92 Å². The van der Waals surface area contributed by atoms with Crippen LogP contribution in [0.5, 0.6) is 0 Å². The first-order valence-electron chi connectivity index (χ1n) is 16.0. The van der Waals surface area contributed by atoms with Gasteiger partial charge in [-0.05, 0) is 45.4 Å². The third kappa shape index (κ3) is 64.6. The van der Waals surface area contributed by atoms with E-state index in [9.17, 15) is 0 Å². The molecule has 0 N–H and O–H groups in total. The minimum atomic E-state index is 0.708. The molecule has 1 aromatic carbocycles. The van der Waals surface area contributed by atoms with E-state index in [1.54, 1.807) is 6.08 Å². The molecule has 1 nitrogen and oxygen atoms in total. The van der Waals surface area contributed by atoms with Gasteiger partial charge < -0.3 is 4.74 Å². The van der Waals surface area contributed by atoms with Crippen LogP contribution in [0.4, 0.5) is 0 Å². The topological polar surface area (TPSA) is 9.23 Å². The second-order valence-electron chi connectivity index (χ2n) is 9.25. The highest BCUT2D eigenvalue weighted by Crippen LogP contribution is 2.09. The number of allylic oxidation sites excluding steroid dienone is 2. The van der Waals surface area contributed by atoms with Crippen LogP contribution in [0.15, 0.2) is 55.1 Å². The fraction of sp³-hybridized carbons (Fsp3) is 0.730. The Morgan fingerprint density at radius 1 is 0.895 bits per heavy atom. The number of benzene rings is 1. The van der Waals surface area contributed by atoms with Crippen molar-refractivity contribution in [1.29, 1.82) is 0 Å². The fourth-order valence-corrected chi connectivity index (χ4v) is 2.39. The number of rotatable bonds is 7. The largest absolute Gasteiger partial charge is 0.381 e. The van der Waals surface area contributed by atoms with Gasteiger partial charge in [0.25, 0.3) is 0 Å². The van der Waals surface area contributed by atoms with Crippen LogP contribution in [-0.2, 0) is 4.74 Å². The molecule has 1 aliphatic rings. The lowest BCUT2D eigenvalue weighted by Crippen LogP contribution is -1.89. The number of unbranched alkanes of at least 4 members (excludes halogenated alkanes) is 5. The van der Waals surface area contributed by atoms with E-state index in [1.165, 1.54) is 68.9 Å². The van der Waals surface area contributed by atoms with E-state index >= 15 is 0 Å². The molecular formula is C37H76O. The van der Waals surface area contributed by atoms with Crippen LogP contribution < -0.4 is 0 Å². The third-order valence-electron chi connectivity index (χ3n) is 5.22. The van der Waals surface area contributed by atoms with E-state index < -0.39 is 0 Å². The predicted molar refractivity (Wildman–Crippen MR) is 184 cm³/mol. The molecular weight excluding hydrogens is 460 g/mol. The number of hydrogen-bond donors (Lipinski definition) is 0. The monoisotopic (exact) mass is 537 g/mol. The minimum Gasteiger partial charge on any atom is -0.381 e. The van der Waals surface area contributed by atoms with E-state index in [0.717, 1.165) is 19.1 Å². The van der Waals surface area contributed by atoms with Gasteiger partial charge in [0, 0.05) is 13.2 Å². The summed E-state index contributed by atoms with van der Waals surface area (Å²) in [5.41, 5.74) is 2.62. The SMILES string of the molecule is C=C(C)C(C)CC.C=CC.CC.CC.CC1CCOC1.CCCCC.CCCCCC.Cc1ccccc1. The molecule has 0 bridgehead atoms. The molecule has 2 unspecified atom stereocenters. The summed E-state index contributed by atoms with van der Waals surface area (Å²) in [7, 11) is 0. The smallest absolute Gasteiger partial charge is 0.0492 e. The second-order valence-corrected chi connectivity index (χ2v) is 9.25. The lowest BCUT2D eigenvalue weighted by Gasteiger charge is -2.04. The molecule has 0 aromatic heterocycles. The highest BCUT2D eigenvalue weighted by atomic mass is 16.5. The van der Waals surface area contributed by atoms with Gasteiger partial charge in [0.15, 0.2) is 0 Å². The van der Waals surface area contributed by atoms with Gasteiger partial charge in [0.2, 0.25) is 0 Å². The molecule has 0 saturated carbocycles. The molecule has 230 valence electrons. The van der Waals surface area contributed by atoms with Crippen molar-refractivity contribution in [3.8, 4) is 0 Å². The highest BCUT2D eigenvalue weighted by molar-refractivity contribution is 5.11. The zero-order chi connectivity index (χ0) is 31.0. The molecule has 1 aromatic rings. The Morgan fingerprint density at radius 3 is 1.39 bits per heavy atom. The Hall–Kier alpha value is -1.34. The second kappa shape index (κ2) is 52.2. The van der Waals surface area contributed by atoms with Crippen LogP contribution in [0.2, 0.25) is 0 Å². The Balaban J connectivity index is -0.0000000798.